The fourth-order valence-electron chi connectivity index (χ4n) is 3.59. The van der Waals surface area contributed by atoms with Crippen molar-refractivity contribution in [3.63, 3.8) is 0 Å². The number of amides is 1. The van der Waals surface area contributed by atoms with E-state index < -0.39 is 0 Å². The summed E-state index contributed by atoms with van der Waals surface area (Å²) >= 11 is 13.4. The van der Waals surface area contributed by atoms with E-state index in [2.05, 4.69) is 53.6 Å². The Labute approximate surface area is 236 Å². The normalized spacial score (nSPS) is 11.6. The first-order valence-corrected chi connectivity index (χ1v) is 13.5. The van der Waals surface area contributed by atoms with Crippen molar-refractivity contribution in [3.8, 4) is 22.8 Å². The molecular formula is C28H27Cl2N5O2S. The number of nitrogens with one attached hydrogen (secondary N) is 1. The number of halogens is 2. The highest BCUT2D eigenvalue weighted by atomic mass is 35.5. The van der Waals surface area contributed by atoms with Gasteiger partial charge in [-0.1, -0.05) is 92.1 Å². The lowest BCUT2D eigenvalue weighted by Crippen LogP contribution is -2.20. The van der Waals surface area contributed by atoms with Crippen molar-refractivity contribution < 1.29 is 9.53 Å². The van der Waals surface area contributed by atoms with Gasteiger partial charge in [0.1, 0.15) is 5.75 Å². The highest BCUT2D eigenvalue weighted by Gasteiger charge is 2.19. The molecule has 0 aliphatic carbocycles. The largest absolute Gasteiger partial charge is 0.497 e. The summed E-state index contributed by atoms with van der Waals surface area (Å²) in [5, 5.41) is 14.2. The number of carbonyl (C=O) groups is 1. The number of hydrogen-bond donors (Lipinski definition) is 1. The van der Waals surface area contributed by atoms with Crippen molar-refractivity contribution in [2.24, 2.45) is 5.10 Å². The highest BCUT2D eigenvalue weighted by Crippen LogP contribution is 2.31. The van der Waals surface area contributed by atoms with Gasteiger partial charge in [0, 0.05) is 16.8 Å². The summed E-state index contributed by atoms with van der Waals surface area (Å²) in [6.07, 6.45) is 1.45. The van der Waals surface area contributed by atoms with Crippen LogP contribution in [0.1, 0.15) is 31.9 Å². The van der Waals surface area contributed by atoms with Gasteiger partial charge >= 0.3 is 0 Å². The van der Waals surface area contributed by atoms with Crippen molar-refractivity contribution in [1.29, 1.82) is 0 Å². The van der Waals surface area contributed by atoms with Gasteiger partial charge in [-0.3, -0.25) is 9.36 Å². The van der Waals surface area contributed by atoms with Crippen molar-refractivity contribution in [3.05, 3.63) is 87.9 Å². The number of hydrazone groups is 1. The molecule has 0 spiro atoms. The summed E-state index contributed by atoms with van der Waals surface area (Å²) in [7, 11) is 1.62. The molecule has 0 aliphatic rings. The average molecular weight is 569 g/mol. The third kappa shape index (κ3) is 6.56. The number of aromatic nitrogens is 3. The fourth-order valence-corrected chi connectivity index (χ4v) is 4.69. The Morgan fingerprint density at radius 3 is 2.42 bits per heavy atom. The molecule has 196 valence electrons. The van der Waals surface area contributed by atoms with Crippen molar-refractivity contribution in [2.75, 3.05) is 12.9 Å². The van der Waals surface area contributed by atoms with Crippen LogP contribution in [0.15, 0.2) is 77.0 Å². The Morgan fingerprint density at radius 1 is 1.05 bits per heavy atom. The Bertz CT molecular complexity index is 1450. The van der Waals surface area contributed by atoms with Crippen LogP contribution in [0.2, 0.25) is 10.0 Å². The third-order valence-corrected chi connectivity index (χ3v) is 7.44. The molecule has 0 saturated heterocycles. The number of carbonyl (C=O) groups excluding carboxylic acids is 1. The minimum absolute atomic E-state index is 0.0388. The molecule has 1 aromatic heterocycles. The molecule has 1 N–H and O–H groups in total. The van der Waals surface area contributed by atoms with Gasteiger partial charge in [0.15, 0.2) is 11.0 Å². The number of thioether (sulfide) groups is 1. The van der Waals surface area contributed by atoms with E-state index >= 15 is 0 Å². The third-order valence-electron chi connectivity index (χ3n) is 5.68. The van der Waals surface area contributed by atoms with Crippen LogP contribution >= 0.6 is 35.0 Å². The molecule has 0 bridgehead atoms. The minimum atomic E-state index is -0.301. The number of hydrogen-bond acceptors (Lipinski definition) is 6. The van der Waals surface area contributed by atoms with Crippen LogP contribution in [-0.4, -0.2) is 39.7 Å². The second-order valence-corrected chi connectivity index (χ2v) is 11.1. The summed E-state index contributed by atoms with van der Waals surface area (Å²) in [5.74, 6) is 1.19. The Morgan fingerprint density at radius 2 is 1.76 bits per heavy atom. The number of nitrogens with zero attached hydrogens (tertiary/aromatic N) is 4. The van der Waals surface area contributed by atoms with Crippen LogP contribution in [0, 0.1) is 0 Å². The molecule has 4 rings (SSSR count). The summed E-state index contributed by atoms with van der Waals surface area (Å²) in [4.78, 5) is 12.5. The molecule has 4 aromatic rings. The van der Waals surface area contributed by atoms with Gasteiger partial charge in [-0.25, -0.2) is 5.43 Å². The monoisotopic (exact) mass is 567 g/mol. The first-order chi connectivity index (χ1) is 18.2. The molecule has 0 saturated carbocycles. The molecule has 0 fully saturated rings. The average Bonchev–Trinajstić information content (AvgIpc) is 3.33. The zero-order chi connectivity index (χ0) is 27.3. The molecule has 10 heteroatoms. The molecule has 3 aromatic carbocycles. The van der Waals surface area contributed by atoms with Gasteiger partial charge < -0.3 is 4.74 Å². The second-order valence-electron chi connectivity index (χ2n) is 9.39. The summed E-state index contributed by atoms with van der Waals surface area (Å²) in [6, 6.07) is 21.1. The quantitative estimate of drug-likeness (QED) is 0.144. The first-order valence-electron chi connectivity index (χ1n) is 11.8. The second kappa shape index (κ2) is 12.0. The molecule has 38 heavy (non-hydrogen) atoms. The number of ether oxygens (including phenoxy) is 1. The van der Waals surface area contributed by atoms with Crippen molar-refractivity contribution >= 4 is 47.1 Å². The summed E-state index contributed by atoms with van der Waals surface area (Å²) in [6.45, 7) is 6.53. The van der Waals surface area contributed by atoms with E-state index in [1.54, 1.807) is 25.3 Å². The van der Waals surface area contributed by atoms with Crippen LogP contribution in [0.4, 0.5) is 0 Å². The molecule has 0 radical (unpaired) electrons. The fraction of sp³-hybridized carbons (Fsp3) is 0.214. The molecule has 0 unspecified atom stereocenters. The van der Waals surface area contributed by atoms with Crippen LogP contribution in [-0.2, 0) is 10.2 Å². The maximum Gasteiger partial charge on any atom is 0.250 e. The van der Waals surface area contributed by atoms with Crippen LogP contribution in [0.3, 0.4) is 0 Å². The summed E-state index contributed by atoms with van der Waals surface area (Å²) in [5.41, 5.74) is 6.15. The van der Waals surface area contributed by atoms with E-state index in [0.717, 1.165) is 17.0 Å². The zero-order valence-corrected chi connectivity index (χ0v) is 23.7. The predicted octanol–water partition coefficient (Wildman–Crippen LogP) is 6.79. The maximum absolute atomic E-state index is 12.5. The van der Waals surface area contributed by atoms with E-state index in [1.165, 1.54) is 23.5 Å². The molecule has 0 aliphatic heterocycles. The van der Waals surface area contributed by atoms with Crippen LogP contribution in [0.25, 0.3) is 17.1 Å². The Kier molecular flexibility index (Phi) is 8.76. The number of benzene rings is 3. The minimum Gasteiger partial charge on any atom is -0.497 e. The molecule has 0 atom stereocenters. The van der Waals surface area contributed by atoms with Gasteiger partial charge in [0.2, 0.25) is 0 Å². The standard InChI is InChI=1S/C28H27Cl2N5O2S/c1-28(2,3)20-10-8-18(9-11-20)26-33-34-27(35(26)21-12-14-22(37-4)15-13-21)38-17-24(36)32-31-16-19-6-5-7-23(29)25(19)30/h5-16H,17H2,1-4H3,(H,32,36)/b31-16+. The molecule has 7 nitrogen and oxygen atoms in total. The lowest BCUT2D eigenvalue weighted by Gasteiger charge is -2.19. The van der Waals surface area contributed by atoms with Crippen LogP contribution < -0.4 is 10.2 Å². The molecule has 1 amide bonds. The topological polar surface area (TPSA) is 81.4 Å². The Balaban J connectivity index is 1.55. The smallest absolute Gasteiger partial charge is 0.250 e. The number of methoxy groups -OCH3 is 1. The van der Waals surface area contributed by atoms with Gasteiger partial charge in [0.25, 0.3) is 5.91 Å². The predicted molar refractivity (Wildman–Crippen MR) is 155 cm³/mol. The van der Waals surface area contributed by atoms with Crippen LogP contribution in [0.5, 0.6) is 5.75 Å². The molecule has 1 heterocycles. The highest BCUT2D eigenvalue weighted by molar-refractivity contribution is 7.99. The lowest BCUT2D eigenvalue weighted by atomic mass is 9.87. The Hall–Kier alpha value is -3.33. The summed E-state index contributed by atoms with van der Waals surface area (Å²) < 4.78 is 7.24. The van der Waals surface area contributed by atoms with Gasteiger partial charge in [-0.05, 0) is 41.3 Å². The van der Waals surface area contributed by atoms with Gasteiger partial charge in [-0.2, -0.15) is 5.10 Å². The van der Waals surface area contributed by atoms with E-state index in [9.17, 15) is 4.79 Å². The number of rotatable bonds is 8. The first kappa shape index (κ1) is 27.7. The van der Waals surface area contributed by atoms with E-state index in [1.807, 2.05) is 41.0 Å². The van der Waals surface area contributed by atoms with Gasteiger partial charge in [0.05, 0.1) is 29.1 Å². The zero-order valence-electron chi connectivity index (χ0n) is 21.4. The van der Waals surface area contributed by atoms with E-state index in [4.69, 9.17) is 27.9 Å². The van der Waals surface area contributed by atoms with Crippen molar-refractivity contribution in [2.45, 2.75) is 31.3 Å². The van der Waals surface area contributed by atoms with E-state index in [-0.39, 0.29) is 17.1 Å². The maximum atomic E-state index is 12.5. The lowest BCUT2D eigenvalue weighted by molar-refractivity contribution is -0.118. The SMILES string of the molecule is COc1ccc(-n2c(SCC(=O)N/N=C/c3cccc(Cl)c3Cl)nnc2-c2ccc(C(C)(C)C)cc2)cc1. The van der Waals surface area contributed by atoms with E-state index in [0.29, 0.717) is 26.6 Å². The van der Waals surface area contributed by atoms with Crippen molar-refractivity contribution in [1.82, 2.24) is 20.2 Å². The molecular weight excluding hydrogens is 541 g/mol. The van der Waals surface area contributed by atoms with Gasteiger partial charge in [-0.15, -0.1) is 10.2 Å².